The molecule has 4 rings (SSSR count). The number of hydroxylamine groups is 6. The van der Waals surface area contributed by atoms with E-state index in [-0.39, 0.29) is 97.6 Å². The maximum absolute atomic E-state index is 14.0. The SMILES string of the molecule is O=C(OCC(Cl)(Cl)Cl)N(CCCCn1c(=O)n(CCCCN(OCc2ccccc2)C(=O)OCC(Cl)(Cl)Cl)c(=O)n(CCCCN(OCc2ccccc2)C(=O)OCC(Cl)(Cl)Cl)c1=O)OCc1ccccc1. The van der Waals surface area contributed by atoms with E-state index in [4.69, 9.17) is 133 Å². The molecule has 0 bridgehead atoms. The summed E-state index contributed by atoms with van der Waals surface area (Å²) in [6, 6.07) is 26.9. The third kappa shape index (κ3) is 23.3. The van der Waals surface area contributed by atoms with Gasteiger partial charge in [0, 0.05) is 19.6 Å². The molecule has 0 aliphatic heterocycles. The van der Waals surface area contributed by atoms with Gasteiger partial charge in [-0.05, 0) is 55.2 Å². The van der Waals surface area contributed by atoms with Crippen LogP contribution in [0.5, 0.6) is 0 Å². The molecule has 18 nitrogen and oxygen atoms in total. The van der Waals surface area contributed by atoms with E-state index in [0.29, 0.717) is 0 Å². The molecule has 0 saturated heterocycles. The van der Waals surface area contributed by atoms with Crippen molar-refractivity contribution in [2.75, 3.05) is 39.5 Å². The Morgan fingerprint density at radius 3 is 0.847 bits per heavy atom. The van der Waals surface area contributed by atoms with Crippen LogP contribution in [0.25, 0.3) is 0 Å². The van der Waals surface area contributed by atoms with Crippen molar-refractivity contribution < 1.29 is 43.1 Å². The quantitative estimate of drug-likeness (QED) is 0.0239. The van der Waals surface area contributed by atoms with E-state index in [1.165, 1.54) is 0 Å². The van der Waals surface area contributed by atoms with Gasteiger partial charge in [-0.15, -0.1) is 0 Å². The first-order valence-electron chi connectivity index (χ1n) is 22.1. The lowest BCUT2D eigenvalue weighted by Crippen LogP contribution is -2.54. The van der Waals surface area contributed by atoms with E-state index in [2.05, 4.69) is 0 Å². The zero-order chi connectivity index (χ0) is 52.7. The number of hydrogen-bond donors (Lipinski definition) is 0. The van der Waals surface area contributed by atoms with E-state index in [1.807, 2.05) is 18.2 Å². The van der Waals surface area contributed by atoms with Crippen LogP contribution in [-0.2, 0) is 68.2 Å². The maximum atomic E-state index is 14.0. The molecule has 0 N–H and O–H groups in total. The third-order valence-corrected chi connectivity index (χ3v) is 10.7. The Hall–Kier alpha value is -3.63. The number of carbonyl (C=O) groups is 3. The van der Waals surface area contributed by atoms with Gasteiger partial charge in [0.1, 0.15) is 39.6 Å². The minimum absolute atomic E-state index is 0.0149. The van der Waals surface area contributed by atoms with E-state index >= 15 is 0 Å². The molecule has 3 amide bonds. The van der Waals surface area contributed by atoms with Crippen molar-refractivity contribution in [3.8, 4) is 0 Å². The highest BCUT2D eigenvalue weighted by Crippen LogP contribution is 2.28. The van der Waals surface area contributed by atoms with Crippen molar-refractivity contribution in [3.63, 3.8) is 0 Å². The normalized spacial score (nSPS) is 11.8. The van der Waals surface area contributed by atoms with Crippen LogP contribution in [0.3, 0.4) is 0 Å². The molecule has 0 radical (unpaired) electrons. The summed E-state index contributed by atoms with van der Waals surface area (Å²) >= 11 is 52.2. The zero-order valence-corrected chi connectivity index (χ0v) is 45.2. The molecule has 0 spiro atoms. The fourth-order valence-corrected chi connectivity index (χ4v) is 6.78. The van der Waals surface area contributed by atoms with Crippen molar-refractivity contribution in [1.82, 2.24) is 28.9 Å². The van der Waals surface area contributed by atoms with E-state index < -0.39 is 66.5 Å². The first-order chi connectivity index (χ1) is 34.1. The monoisotopic (exact) mass is 1180 g/mol. The number of ether oxygens (including phenoxy) is 3. The van der Waals surface area contributed by atoms with E-state index in [1.54, 1.807) is 72.8 Å². The minimum atomic E-state index is -1.90. The smallest absolute Gasteiger partial charge is 0.434 e. The Kier molecular flexibility index (Phi) is 25.9. The summed E-state index contributed by atoms with van der Waals surface area (Å²) in [5, 5.41) is 2.81. The molecular weight excluding hydrogens is 1140 g/mol. The third-order valence-electron chi connectivity index (χ3n) is 9.74. The highest BCUT2D eigenvalue weighted by Gasteiger charge is 2.28. The number of carbonyl (C=O) groups excluding carboxylic acids is 3. The summed E-state index contributed by atoms with van der Waals surface area (Å²) < 4.78 is 12.4. The molecule has 1 aromatic heterocycles. The van der Waals surface area contributed by atoms with E-state index in [0.717, 1.165) is 45.6 Å². The van der Waals surface area contributed by atoms with Crippen LogP contribution >= 0.6 is 104 Å². The van der Waals surface area contributed by atoms with Crippen LogP contribution in [0.15, 0.2) is 105 Å². The molecule has 72 heavy (non-hydrogen) atoms. The summed E-state index contributed by atoms with van der Waals surface area (Å²) in [6.07, 6.45) is -1.95. The molecule has 0 saturated carbocycles. The lowest BCUT2D eigenvalue weighted by atomic mass is 10.2. The van der Waals surface area contributed by atoms with Gasteiger partial charge < -0.3 is 14.2 Å². The number of rotatable bonds is 27. The minimum Gasteiger partial charge on any atom is -0.443 e. The van der Waals surface area contributed by atoms with Crippen molar-refractivity contribution in [2.24, 2.45) is 0 Å². The second-order valence-corrected chi connectivity index (χ2v) is 23.1. The van der Waals surface area contributed by atoms with E-state index in [9.17, 15) is 28.8 Å². The second kappa shape index (κ2) is 30.7. The average molecular weight is 1190 g/mol. The number of amides is 3. The molecule has 1 heterocycles. The predicted octanol–water partition coefficient (Wildman–Crippen LogP) is 10.3. The van der Waals surface area contributed by atoms with Crippen molar-refractivity contribution in [1.29, 1.82) is 0 Å². The fourth-order valence-electron chi connectivity index (χ4n) is 6.28. The molecule has 0 aliphatic carbocycles. The highest BCUT2D eigenvalue weighted by atomic mass is 35.6. The van der Waals surface area contributed by atoms with Crippen molar-refractivity contribution in [3.05, 3.63) is 139 Å². The van der Waals surface area contributed by atoms with Gasteiger partial charge in [0.05, 0.1) is 19.6 Å². The lowest BCUT2D eigenvalue weighted by molar-refractivity contribution is -0.147. The highest BCUT2D eigenvalue weighted by molar-refractivity contribution is 6.68. The predicted molar refractivity (Wildman–Crippen MR) is 276 cm³/mol. The number of alkyl halides is 9. The van der Waals surface area contributed by atoms with Crippen LogP contribution in [0.2, 0.25) is 0 Å². The first kappa shape index (κ1) is 60.9. The van der Waals surface area contributed by atoms with Gasteiger partial charge in [0.15, 0.2) is 0 Å². The Morgan fingerprint density at radius 1 is 0.389 bits per heavy atom. The second-order valence-electron chi connectivity index (χ2n) is 15.5. The van der Waals surface area contributed by atoms with Crippen LogP contribution < -0.4 is 17.1 Å². The summed E-state index contributed by atoms with van der Waals surface area (Å²) in [7, 11) is 0. The molecular formula is C45H51Cl9N6O12. The number of unbranched alkanes of at least 4 members (excludes halogenated alkanes) is 3. The number of hydrogen-bond acceptors (Lipinski definition) is 12. The Bertz CT molecular complexity index is 2170. The van der Waals surface area contributed by atoms with Gasteiger partial charge >= 0.3 is 35.3 Å². The average Bonchev–Trinajstić information content (AvgIpc) is 3.33. The van der Waals surface area contributed by atoms with Gasteiger partial charge in [-0.1, -0.05) is 195 Å². The van der Waals surface area contributed by atoms with Crippen LogP contribution in [0.4, 0.5) is 14.4 Å². The Morgan fingerprint density at radius 2 is 0.625 bits per heavy atom. The topological polar surface area (TPSA) is 182 Å². The molecule has 0 unspecified atom stereocenters. The number of halogens is 9. The number of nitrogens with zero attached hydrogens (tertiary/aromatic N) is 6. The summed E-state index contributed by atoms with van der Waals surface area (Å²) in [5.74, 6) is 0. The Labute approximate surface area is 459 Å². The summed E-state index contributed by atoms with van der Waals surface area (Å²) in [5.41, 5.74) is -0.492. The van der Waals surface area contributed by atoms with Gasteiger partial charge in [0.25, 0.3) is 0 Å². The largest absolute Gasteiger partial charge is 0.443 e. The molecule has 396 valence electrons. The fraction of sp³-hybridized carbons (Fsp3) is 0.467. The zero-order valence-electron chi connectivity index (χ0n) is 38.4. The van der Waals surface area contributed by atoms with Crippen LogP contribution in [0.1, 0.15) is 55.2 Å². The van der Waals surface area contributed by atoms with Crippen LogP contribution in [0, 0.1) is 0 Å². The molecule has 0 atom stereocenters. The summed E-state index contributed by atoms with van der Waals surface area (Å²) in [6.45, 7) is -2.57. The van der Waals surface area contributed by atoms with Gasteiger partial charge in [-0.2, -0.15) is 15.2 Å². The van der Waals surface area contributed by atoms with Gasteiger partial charge in [-0.25, -0.2) is 42.5 Å². The maximum Gasteiger partial charge on any atom is 0.434 e. The first-order valence-corrected chi connectivity index (χ1v) is 25.5. The lowest BCUT2D eigenvalue weighted by Gasteiger charge is -2.23. The van der Waals surface area contributed by atoms with Crippen molar-refractivity contribution >= 4 is 123 Å². The molecule has 0 fully saturated rings. The standard InChI is InChI=1S/C45H51Cl9N6O12/c46-43(47,48)31-67-40(64)58(70-28-34-16-4-1-5-17-34)25-13-10-22-55-37(61)56(23-11-14-26-59(41(65)68-32-44(49,50)51)71-29-35-18-6-2-7-19-35)39(63)57(38(55)62)24-12-15-27-60(42(66)69-33-45(52,53)54)72-30-36-20-8-3-9-21-36/h1-9,16-21H,10-15,22-33H2. The Balaban J connectivity index is 1.54. The molecule has 4 aromatic rings. The van der Waals surface area contributed by atoms with Gasteiger partial charge in [0.2, 0.25) is 11.4 Å². The van der Waals surface area contributed by atoms with Gasteiger partial charge in [-0.3, -0.25) is 14.5 Å². The molecule has 3 aromatic carbocycles. The number of aromatic nitrogens is 3. The number of benzene rings is 3. The van der Waals surface area contributed by atoms with Crippen LogP contribution in [-0.4, -0.2) is 98.0 Å². The molecule has 27 heteroatoms. The van der Waals surface area contributed by atoms with Crippen molar-refractivity contribution in [2.45, 2.75) is 89.4 Å². The molecule has 0 aliphatic rings. The summed E-state index contributed by atoms with van der Waals surface area (Å²) in [4.78, 5) is 98.4.